The zero-order chi connectivity index (χ0) is 16.9. The van der Waals surface area contributed by atoms with E-state index in [0.717, 1.165) is 32.4 Å². The highest BCUT2D eigenvalue weighted by Gasteiger charge is 2.25. The average Bonchev–Trinajstić information content (AvgIpc) is 3.12. The second kappa shape index (κ2) is 9.17. The molecule has 0 aromatic heterocycles. The van der Waals surface area contributed by atoms with Gasteiger partial charge in [0.25, 0.3) is 11.8 Å². The van der Waals surface area contributed by atoms with Crippen molar-refractivity contribution in [1.29, 1.82) is 0 Å². The Morgan fingerprint density at radius 3 is 2.84 bits per heavy atom. The zero-order valence-corrected chi connectivity index (χ0v) is 15.2. The standard InChI is InChI=1S/C18H25N3O3.ClH/c1-12-7-8-19-11-15(12)21-17(22)13-4-2-5-14(10-13)20-18(23)16-6-3-9-24-16;/h2,4-5,10,12,15-16,19H,3,6-9,11H2,1H3,(H,20,23)(H,21,22);1H. The molecular formula is C18H26ClN3O3. The van der Waals surface area contributed by atoms with Crippen LogP contribution in [0, 0.1) is 5.92 Å². The van der Waals surface area contributed by atoms with Gasteiger partial charge in [-0.05, 0) is 49.9 Å². The SMILES string of the molecule is CC1CCNCC1NC(=O)c1cccc(NC(=O)C2CCCO2)c1.Cl. The van der Waals surface area contributed by atoms with Gasteiger partial charge >= 0.3 is 0 Å². The molecule has 3 N–H and O–H groups in total. The number of piperidine rings is 1. The maximum absolute atomic E-state index is 12.5. The summed E-state index contributed by atoms with van der Waals surface area (Å²) in [6, 6.07) is 7.18. The summed E-state index contributed by atoms with van der Waals surface area (Å²) in [5.74, 6) is 0.205. The number of benzene rings is 1. The van der Waals surface area contributed by atoms with Crippen molar-refractivity contribution in [3.63, 3.8) is 0 Å². The molecule has 25 heavy (non-hydrogen) atoms. The number of hydrogen-bond donors (Lipinski definition) is 3. The molecule has 0 radical (unpaired) electrons. The van der Waals surface area contributed by atoms with Crippen molar-refractivity contribution >= 4 is 29.9 Å². The van der Waals surface area contributed by atoms with Crippen molar-refractivity contribution in [2.24, 2.45) is 5.92 Å². The summed E-state index contributed by atoms with van der Waals surface area (Å²) in [6.07, 6.45) is 2.34. The minimum Gasteiger partial charge on any atom is -0.368 e. The fourth-order valence-corrected chi connectivity index (χ4v) is 3.18. The van der Waals surface area contributed by atoms with E-state index in [1.165, 1.54) is 0 Å². The molecule has 2 amide bonds. The molecule has 0 saturated carbocycles. The van der Waals surface area contributed by atoms with Gasteiger partial charge in [0.2, 0.25) is 0 Å². The number of nitrogens with one attached hydrogen (secondary N) is 3. The van der Waals surface area contributed by atoms with Crippen molar-refractivity contribution in [1.82, 2.24) is 10.6 Å². The number of carbonyl (C=O) groups is 2. The third-order valence-electron chi connectivity index (χ3n) is 4.76. The van der Waals surface area contributed by atoms with Gasteiger partial charge in [0.15, 0.2) is 0 Å². The molecule has 2 saturated heterocycles. The first-order valence-corrected chi connectivity index (χ1v) is 8.67. The predicted molar refractivity (Wildman–Crippen MR) is 99.2 cm³/mol. The monoisotopic (exact) mass is 367 g/mol. The Morgan fingerprint density at radius 1 is 1.28 bits per heavy atom. The summed E-state index contributed by atoms with van der Waals surface area (Å²) in [7, 11) is 0. The minimum absolute atomic E-state index is 0. The Balaban J connectivity index is 0.00000225. The first kappa shape index (κ1) is 19.7. The van der Waals surface area contributed by atoms with Gasteiger partial charge in [0.05, 0.1) is 0 Å². The molecule has 3 atom stereocenters. The molecule has 2 heterocycles. The molecule has 2 fully saturated rings. The van der Waals surface area contributed by atoms with Crippen molar-refractivity contribution in [2.45, 2.75) is 38.3 Å². The Hall–Kier alpha value is -1.63. The Bertz CT molecular complexity index is 605. The van der Waals surface area contributed by atoms with Gasteiger partial charge in [-0.15, -0.1) is 12.4 Å². The van der Waals surface area contributed by atoms with Crippen LogP contribution in [0.25, 0.3) is 0 Å². The van der Waals surface area contributed by atoms with Crippen LogP contribution in [-0.2, 0) is 9.53 Å². The van der Waals surface area contributed by atoms with E-state index in [4.69, 9.17) is 4.74 Å². The third kappa shape index (κ3) is 5.17. The predicted octanol–water partition coefficient (Wildman–Crippen LogP) is 1.95. The van der Waals surface area contributed by atoms with Gasteiger partial charge in [0.1, 0.15) is 6.10 Å². The molecular weight excluding hydrogens is 342 g/mol. The van der Waals surface area contributed by atoms with Crippen LogP contribution >= 0.6 is 12.4 Å². The van der Waals surface area contributed by atoms with Gasteiger partial charge in [0, 0.05) is 30.4 Å². The highest BCUT2D eigenvalue weighted by atomic mass is 35.5. The molecule has 0 spiro atoms. The summed E-state index contributed by atoms with van der Waals surface area (Å²) in [5, 5.41) is 9.22. The molecule has 3 rings (SSSR count). The quantitative estimate of drug-likeness (QED) is 0.760. The molecule has 1 aromatic carbocycles. The van der Waals surface area contributed by atoms with E-state index >= 15 is 0 Å². The summed E-state index contributed by atoms with van der Waals surface area (Å²) in [4.78, 5) is 24.6. The van der Waals surface area contributed by atoms with Crippen LogP contribution in [0.3, 0.4) is 0 Å². The van der Waals surface area contributed by atoms with Crippen molar-refractivity contribution in [3.8, 4) is 0 Å². The van der Waals surface area contributed by atoms with E-state index in [2.05, 4.69) is 22.9 Å². The van der Waals surface area contributed by atoms with Gasteiger partial charge in [-0.3, -0.25) is 9.59 Å². The van der Waals surface area contributed by atoms with E-state index in [9.17, 15) is 9.59 Å². The number of ether oxygens (including phenoxy) is 1. The van der Waals surface area contributed by atoms with E-state index in [1.54, 1.807) is 24.3 Å². The molecule has 3 unspecified atom stereocenters. The molecule has 2 aliphatic rings. The highest BCUT2D eigenvalue weighted by Crippen LogP contribution is 2.17. The first-order valence-electron chi connectivity index (χ1n) is 8.67. The normalized spacial score (nSPS) is 25.7. The van der Waals surface area contributed by atoms with Crippen LogP contribution in [0.4, 0.5) is 5.69 Å². The number of halogens is 1. The lowest BCUT2D eigenvalue weighted by atomic mass is 9.94. The van der Waals surface area contributed by atoms with E-state index in [1.807, 2.05) is 0 Å². The molecule has 0 aliphatic carbocycles. The van der Waals surface area contributed by atoms with Crippen LogP contribution in [0.15, 0.2) is 24.3 Å². The highest BCUT2D eigenvalue weighted by molar-refractivity contribution is 5.98. The minimum atomic E-state index is -0.378. The van der Waals surface area contributed by atoms with Crippen LogP contribution in [0.1, 0.15) is 36.5 Å². The smallest absolute Gasteiger partial charge is 0.253 e. The second-order valence-electron chi connectivity index (χ2n) is 6.62. The fourth-order valence-electron chi connectivity index (χ4n) is 3.18. The summed E-state index contributed by atoms with van der Waals surface area (Å²) < 4.78 is 5.38. The molecule has 2 aliphatic heterocycles. The van der Waals surface area contributed by atoms with Gasteiger partial charge in [-0.2, -0.15) is 0 Å². The van der Waals surface area contributed by atoms with Crippen molar-refractivity contribution in [3.05, 3.63) is 29.8 Å². The van der Waals surface area contributed by atoms with Crippen molar-refractivity contribution < 1.29 is 14.3 Å². The Morgan fingerprint density at radius 2 is 2.12 bits per heavy atom. The number of anilines is 1. The lowest BCUT2D eigenvalue weighted by molar-refractivity contribution is -0.124. The number of hydrogen-bond acceptors (Lipinski definition) is 4. The van der Waals surface area contributed by atoms with Gasteiger partial charge in [-0.1, -0.05) is 13.0 Å². The van der Waals surface area contributed by atoms with Gasteiger partial charge < -0.3 is 20.7 Å². The maximum Gasteiger partial charge on any atom is 0.253 e. The summed E-state index contributed by atoms with van der Waals surface area (Å²) in [6.45, 7) is 4.58. The third-order valence-corrected chi connectivity index (χ3v) is 4.76. The largest absolute Gasteiger partial charge is 0.368 e. The Kier molecular flexibility index (Phi) is 7.23. The van der Waals surface area contributed by atoms with E-state index in [0.29, 0.717) is 23.8 Å². The van der Waals surface area contributed by atoms with Crippen molar-refractivity contribution in [2.75, 3.05) is 25.0 Å². The fraction of sp³-hybridized carbons (Fsp3) is 0.556. The molecule has 0 bridgehead atoms. The van der Waals surface area contributed by atoms with Crippen LogP contribution < -0.4 is 16.0 Å². The number of carbonyl (C=O) groups excluding carboxylic acids is 2. The lowest BCUT2D eigenvalue weighted by Crippen LogP contribution is -2.50. The Labute approximate surface area is 154 Å². The summed E-state index contributed by atoms with van der Waals surface area (Å²) >= 11 is 0. The summed E-state index contributed by atoms with van der Waals surface area (Å²) in [5.41, 5.74) is 1.18. The maximum atomic E-state index is 12.5. The number of amides is 2. The molecule has 7 heteroatoms. The molecule has 138 valence electrons. The molecule has 6 nitrogen and oxygen atoms in total. The van der Waals surface area contributed by atoms with Gasteiger partial charge in [-0.25, -0.2) is 0 Å². The lowest BCUT2D eigenvalue weighted by Gasteiger charge is -2.30. The van der Waals surface area contributed by atoms with E-state index < -0.39 is 0 Å². The number of rotatable bonds is 4. The second-order valence-corrected chi connectivity index (χ2v) is 6.62. The van der Waals surface area contributed by atoms with Crippen LogP contribution in [-0.4, -0.2) is 43.7 Å². The zero-order valence-electron chi connectivity index (χ0n) is 14.4. The average molecular weight is 368 g/mol. The van der Waals surface area contributed by atoms with Crippen LogP contribution in [0.2, 0.25) is 0 Å². The first-order chi connectivity index (χ1) is 11.6. The van der Waals surface area contributed by atoms with E-state index in [-0.39, 0.29) is 36.4 Å². The van der Waals surface area contributed by atoms with Crippen LogP contribution in [0.5, 0.6) is 0 Å². The topological polar surface area (TPSA) is 79.5 Å². The molecule has 1 aromatic rings.